The Balaban J connectivity index is 4.30. The van der Waals surface area contributed by atoms with E-state index in [9.17, 15) is 24.0 Å². The molecule has 0 aromatic heterocycles. The summed E-state index contributed by atoms with van der Waals surface area (Å²) in [5.74, 6) is -2.15. The summed E-state index contributed by atoms with van der Waals surface area (Å²) in [5.41, 5.74) is 0.128. The summed E-state index contributed by atoms with van der Waals surface area (Å²) in [6.07, 6.45) is -1.15. The second-order valence-corrected chi connectivity index (χ2v) is 5.28. The molecule has 2 amide bonds. The molecule has 0 radical (unpaired) electrons. The maximum Gasteiger partial charge on any atom is 0.409 e. The van der Waals surface area contributed by atoms with Gasteiger partial charge in [-0.1, -0.05) is 19.7 Å². The SMILES string of the molecule is C=CC(=O)OCCOC(=O)NCNC(=O)OC(COC(=O)C=C)COC(=O)C(=C)C. The Morgan fingerprint density at radius 1 is 0.833 bits per heavy atom. The van der Waals surface area contributed by atoms with Crippen LogP contribution in [0.1, 0.15) is 6.92 Å². The molecule has 12 heteroatoms. The Bertz CT molecular complexity index is 674. The Morgan fingerprint density at radius 3 is 1.97 bits per heavy atom. The zero-order chi connectivity index (χ0) is 22.9. The molecule has 0 aliphatic rings. The maximum atomic E-state index is 11.8. The van der Waals surface area contributed by atoms with Gasteiger partial charge in [0.05, 0.1) is 6.67 Å². The number of amides is 2. The van der Waals surface area contributed by atoms with Crippen LogP contribution in [0.3, 0.4) is 0 Å². The summed E-state index contributed by atoms with van der Waals surface area (Å²) in [4.78, 5) is 56.6. The van der Waals surface area contributed by atoms with Crippen LogP contribution in [-0.2, 0) is 38.1 Å². The first-order valence-corrected chi connectivity index (χ1v) is 8.45. The van der Waals surface area contributed by atoms with Crippen LogP contribution in [0, 0.1) is 0 Å². The molecule has 0 aliphatic carbocycles. The average Bonchev–Trinajstić information content (AvgIpc) is 2.71. The zero-order valence-corrected chi connectivity index (χ0v) is 16.5. The molecular formula is C18H24N2O10. The Labute approximate surface area is 172 Å². The Kier molecular flexibility index (Phi) is 13.2. The van der Waals surface area contributed by atoms with Crippen LogP contribution >= 0.6 is 0 Å². The van der Waals surface area contributed by atoms with Gasteiger partial charge < -0.3 is 34.3 Å². The summed E-state index contributed by atoms with van der Waals surface area (Å²) < 4.78 is 23.9. The predicted octanol–water partition coefficient (Wildman–Crippen LogP) is 0.343. The third-order valence-electron chi connectivity index (χ3n) is 2.79. The number of hydrogen-bond donors (Lipinski definition) is 2. The van der Waals surface area contributed by atoms with Crippen LogP contribution in [0.15, 0.2) is 37.5 Å². The third-order valence-corrected chi connectivity index (χ3v) is 2.79. The van der Waals surface area contributed by atoms with E-state index in [2.05, 4.69) is 39.8 Å². The quantitative estimate of drug-likeness (QED) is 0.138. The van der Waals surface area contributed by atoms with E-state index in [1.165, 1.54) is 6.92 Å². The molecule has 30 heavy (non-hydrogen) atoms. The van der Waals surface area contributed by atoms with Crippen molar-refractivity contribution in [2.24, 2.45) is 0 Å². The van der Waals surface area contributed by atoms with E-state index in [0.717, 1.165) is 12.2 Å². The van der Waals surface area contributed by atoms with Crippen molar-refractivity contribution in [2.75, 3.05) is 33.1 Å². The van der Waals surface area contributed by atoms with Gasteiger partial charge in [0.2, 0.25) is 0 Å². The van der Waals surface area contributed by atoms with Crippen molar-refractivity contribution in [1.29, 1.82) is 0 Å². The topological polar surface area (TPSA) is 156 Å². The van der Waals surface area contributed by atoms with E-state index >= 15 is 0 Å². The first-order valence-electron chi connectivity index (χ1n) is 8.45. The fourth-order valence-corrected chi connectivity index (χ4v) is 1.41. The monoisotopic (exact) mass is 428 g/mol. The van der Waals surface area contributed by atoms with Gasteiger partial charge in [-0.2, -0.15) is 0 Å². The number of hydrogen-bond acceptors (Lipinski definition) is 10. The lowest BCUT2D eigenvalue weighted by Gasteiger charge is -2.18. The molecule has 0 aliphatic heterocycles. The largest absolute Gasteiger partial charge is 0.459 e. The molecule has 166 valence electrons. The molecule has 0 rings (SSSR count). The third kappa shape index (κ3) is 13.4. The molecule has 0 bridgehead atoms. The molecule has 12 nitrogen and oxygen atoms in total. The minimum absolute atomic E-state index is 0.128. The minimum atomic E-state index is -1.12. The molecule has 2 N–H and O–H groups in total. The number of rotatable bonds is 13. The molecule has 0 saturated heterocycles. The van der Waals surface area contributed by atoms with Crippen molar-refractivity contribution in [3.63, 3.8) is 0 Å². The maximum absolute atomic E-state index is 11.8. The van der Waals surface area contributed by atoms with Crippen LogP contribution in [0.4, 0.5) is 9.59 Å². The highest BCUT2D eigenvalue weighted by atomic mass is 16.6. The number of ether oxygens (including phenoxy) is 5. The van der Waals surface area contributed by atoms with Gasteiger partial charge >= 0.3 is 30.1 Å². The van der Waals surface area contributed by atoms with Gasteiger partial charge in [-0.3, -0.25) is 0 Å². The predicted molar refractivity (Wildman–Crippen MR) is 101 cm³/mol. The van der Waals surface area contributed by atoms with E-state index in [-0.39, 0.29) is 25.5 Å². The molecule has 0 heterocycles. The average molecular weight is 428 g/mol. The highest BCUT2D eigenvalue weighted by Crippen LogP contribution is 2.00. The smallest absolute Gasteiger partial charge is 0.409 e. The first kappa shape index (κ1) is 26.2. The van der Waals surface area contributed by atoms with E-state index in [1.54, 1.807) is 0 Å². The molecule has 0 fully saturated rings. The molecule has 1 unspecified atom stereocenters. The van der Waals surface area contributed by atoms with E-state index in [4.69, 9.17) is 14.2 Å². The van der Waals surface area contributed by atoms with Gasteiger partial charge in [-0.15, -0.1) is 0 Å². The van der Waals surface area contributed by atoms with Crippen molar-refractivity contribution in [1.82, 2.24) is 10.6 Å². The normalized spacial score (nSPS) is 10.4. The van der Waals surface area contributed by atoms with Gasteiger partial charge in [0.25, 0.3) is 0 Å². The van der Waals surface area contributed by atoms with Crippen LogP contribution in [0.5, 0.6) is 0 Å². The van der Waals surface area contributed by atoms with E-state index < -0.39 is 49.4 Å². The molecule has 0 spiro atoms. The zero-order valence-electron chi connectivity index (χ0n) is 16.5. The standard InChI is InChI=1S/C18H24N2O10/c1-5-14(21)26-7-8-27-17(24)19-11-20-18(25)30-13(9-28-15(22)6-2)10-29-16(23)12(3)4/h5-6,13H,1-3,7-11H2,4H3,(H,19,24)(H,20,25). The van der Waals surface area contributed by atoms with Crippen LogP contribution < -0.4 is 10.6 Å². The molecule has 0 saturated carbocycles. The van der Waals surface area contributed by atoms with E-state index in [1.807, 2.05) is 0 Å². The second-order valence-electron chi connectivity index (χ2n) is 5.28. The Hall–Kier alpha value is -3.83. The highest BCUT2D eigenvalue weighted by molar-refractivity contribution is 5.87. The van der Waals surface area contributed by atoms with Crippen LogP contribution in [0.2, 0.25) is 0 Å². The van der Waals surface area contributed by atoms with Gasteiger partial charge in [0, 0.05) is 17.7 Å². The summed E-state index contributed by atoms with van der Waals surface area (Å²) in [6, 6.07) is 0. The number of nitrogens with one attached hydrogen (secondary N) is 2. The van der Waals surface area contributed by atoms with Gasteiger partial charge in [0.1, 0.15) is 26.4 Å². The Morgan fingerprint density at radius 2 is 1.37 bits per heavy atom. The summed E-state index contributed by atoms with van der Waals surface area (Å²) in [7, 11) is 0. The number of alkyl carbamates (subject to hydrolysis) is 2. The molecule has 0 aromatic carbocycles. The lowest BCUT2D eigenvalue weighted by atomic mass is 10.3. The molecular weight excluding hydrogens is 404 g/mol. The lowest BCUT2D eigenvalue weighted by Crippen LogP contribution is -2.41. The van der Waals surface area contributed by atoms with Crippen LogP contribution in [-0.4, -0.2) is 69.3 Å². The van der Waals surface area contributed by atoms with Crippen LogP contribution in [0.25, 0.3) is 0 Å². The fourth-order valence-electron chi connectivity index (χ4n) is 1.41. The van der Waals surface area contributed by atoms with Crippen molar-refractivity contribution in [3.8, 4) is 0 Å². The molecule has 0 aromatic rings. The summed E-state index contributed by atoms with van der Waals surface area (Å²) >= 11 is 0. The summed E-state index contributed by atoms with van der Waals surface area (Å²) in [6.45, 7) is 9.71. The number of carbonyl (C=O) groups excluding carboxylic acids is 5. The summed E-state index contributed by atoms with van der Waals surface area (Å²) in [5, 5.41) is 4.37. The molecule has 1 atom stereocenters. The highest BCUT2D eigenvalue weighted by Gasteiger charge is 2.19. The second kappa shape index (κ2) is 15.1. The van der Waals surface area contributed by atoms with E-state index in [0.29, 0.717) is 0 Å². The fraction of sp³-hybridized carbons (Fsp3) is 0.389. The minimum Gasteiger partial charge on any atom is -0.459 e. The van der Waals surface area contributed by atoms with Gasteiger partial charge in [-0.05, 0) is 6.92 Å². The van der Waals surface area contributed by atoms with Crippen molar-refractivity contribution in [3.05, 3.63) is 37.5 Å². The van der Waals surface area contributed by atoms with Crippen molar-refractivity contribution >= 4 is 30.1 Å². The van der Waals surface area contributed by atoms with Gasteiger partial charge in [-0.25, -0.2) is 24.0 Å². The lowest BCUT2D eigenvalue weighted by molar-refractivity contribution is -0.147. The van der Waals surface area contributed by atoms with Crippen molar-refractivity contribution < 1.29 is 47.7 Å². The number of esters is 3. The number of carbonyl (C=O) groups is 5. The van der Waals surface area contributed by atoms with Gasteiger partial charge in [0.15, 0.2) is 6.10 Å². The van der Waals surface area contributed by atoms with Crippen molar-refractivity contribution in [2.45, 2.75) is 13.0 Å². The first-order chi connectivity index (χ1) is 14.2.